The average molecular weight is 577 g/mol. The van der Waals surface area contributed by atoms with Gasteiger partial charge in [-0.1, -0.05) is 140 Å². The molecule has 0 fully saturated rings. The molecule has 0 N–H and O–H groups in total. The van der Waals surface area contributed by atoms with Gasteiger partial charge in [0.25, 0.3) is 0 Å². The number of imidazole rings is 1. The van der Waals surface area contributed by atoms with Crippen molar-refractivity contribution in [1.29, 1.82) is 0 Å². The number of benzene rings is 6. The molecule has 45 heavy (non-hydrogen) atoms. The standard InChI is InChI=1S/C41H28N4/c1-5-13-29(14-6-1)30-21-23-31(24-22-30)36-28-37(43-40(42-36)32-15-7-2-8-16-32)34-25-26-39-38(27-34)44-41(33-17-9-3-10-18-33)45(39)35-19-11-4-12-20-35/h1-28H. The van der Waals surface area contributed by atoms with Gasteiger partial charge < -0.3 is 0 Å². The van der Waals surface area contributed by atoms with Crippen LogP contribution in [0.25, 0.3) is 73.1 Å². The van der Waals surface area contributed by atoms with Gasteiger partial charge in [-0.2, -0.15) is 0 Å². The summed E-state index contributed by atoms with van der Waals surface area (Å²) in [4.78, 5) is 15.3. The summed E-state index contributed by atoms with van der Waals surface area (Å²) >= 11 is 0. The summed E-state index contributed by atoms with van der Waals surface area (Å²) in [6.07, 6.45) is 0. The van der Waals surface area contributed by atoms with Gasteiger partial charge in [0.15, 0.2) is 5.82 Å². The van der Waals surface area contributed by atoms with E-state index in [4.69, 9.17) is 15.0 Å². The van der Waals surface area contributed by atoms with E-state index in [0.29, 0.717) is 5.82 Å². The number of hydrogen-bond acceptors (Lipinski definition) is 3. The summed E-state index contributed by atoms with van der Waals surface area (Å²) in [6.45, 7) is 0. The molecule has 2 aromatic heterocycles. The largest absolute Gasteiger partial charge is 0.292 e. The van der Waals surface area contributed by atoms with E-state index < -0.39 is 0 Å². The van der Waals surface area contributed by atoms with E-state index in [1.807, 2.05) is 36.4 Å². The van der Waals surface area contributed by atoms with Crippen LogP contribution in [0, 0.1) is 0 Å². The quantitative estimate of drug-likeness (QED) is 0.198. The van der Waals surface area contributed by atoms with Crippen molar-refractivity contribution in [3.63, 3.8) is 0 Å². The molecule has 0 amide bonds. The zero-order valence-corrected chi connectivity index (χ0v) is 24.5. The van der Waals surface area contributed by atoms with Crippen molar-refractivity contribution in [2.45, 2.75) is 0 Å². The predicted molar refractivity (Wildman–Crippen MR) is 184 cm³/mol. The molecular weight excluding hydrogens is 548 g/mol. The molecule has 0 saturated heterocycles. The Hall–Kier alpha value is -6.13. The Labute approximate surface area is 262 Å². The van der Waals surface area contributed by atoms with Crippen LogP contribution >= 0.6 is 0 Å². The fourth-order valence-electron chi connectivity index (χ4n) is 5.78. The van der Waals surface area contributed by atoms with E-state index in [-0.39, 0.29) is 0 Å². The van der Waals surface area contributed by atoms with Crippen molar-refractivity contribution in [2.75, 3.05) is 0 Å². The van der Waals surface area contributed by atoms with Crippen LogP contribution in [0.2, 0.25) is 0 Å². The summed E-state index contributed by atoms with van der Waals surface area (Å²) in [7, 11) is 0. The fraction of sp³-hybridized carbons (Fsp3) is 0. The molecule has 0 spiro atoms. The Morgan fingerprint density at radius 1 is 0.356 bits per heavy atom. The molecule has 4 heteroatoms. The second-order valence-electron chi connectivity index (χ2n) is 10.9. The fourth-order valence-corrected chi connectivity index (χ4v) is 5.78. The van der Waals surface area contributed by atoms with Crippen molar-refractivity contribution < 1.29 is 0 Å². The Morgan fingerprint density at radius 2 is 0.844 bits per heavy atom. The van der Waals surface area contributed by atoms with Crippen LogP contribution in [0.4, 0.5) is 0 Å². The molecular formula is C41H28N4. The molecule has 212 valence electrons. The number of fused-ring (bicyclic) bond motifs is 1. The molecule has 4 nitrogen and oxygen atoms in total. The third-order valence-corrected chi connectivity index (χ3v) is 8.04. The van der Waals surface area contributed by atoms with Gasteiger partial charge in [-0.3, -0.25) is 4.57 Å². The SMILES string of the molecule is c1ccc(-c2ccc(-c3cc(-c4ccc5c(c4)nc(-c4ccccc4)n5-c4ccccc4)nc(-c4ccccc4)n3)cc2)cc1. The van der Waals surface area contributed by atoms with Gasteiger partial charge in [-0.15, -0.1) is 0 Å². The topological polar surface area (TPSA) is 43.6 Å². The molecule has 8 aromatic rings. The predicted octanol–water partition coefficient (Wildman–Crippen LogP) is 10.2. The lowest BCUT2D eigenvalue weighted by atomic mass is 10.0. The molecule has 0 saturated carbocycles. The zero-order chi connectivity index (χ0) is 30.0. The normalized spacial score (nSPS) is 11.1. The minimum atomic E-state index is 0.690. The van der Waals surface area contributed by atoms with E-state index in [1.165, 1.54) is 11.1 Å². The minimum Gasteiger partial charge on any atom is -0.292 e. The van der Waals surface area contributed by atoms with Gasteiger partial charge in [0.2, 0.25) is 0 Å². The summed E-state index contributed by atoms with van der Waals surface area (Å²) in [6, 6.07) is 58.4. The van der Waals surface area contributed by atoms with Crippen LogP contribution in [-0.4, -0.2) is 19.5 Å². The molecule has 0 aliphatic heterocycles. The molecule has 0 radical (unpaired) electrons. The van der Waals surface area contributed by atoms with Crippen LogP contribution in [0.5, 0.6) is 0 Å². The van der Waals surface area contributed by atoms with Crippen LogP contribution < -0.4 is 0 Å². The van der Waals surface area contributed by atoms with Gasteiger partial charge >= 0.3 is 0 Å². The lowest BCUT2D eigenvalue weighted by molar-refractivity contribution is 1.10. The van der Waals surface area contributed by atoms with E-state index in [0.717, 1.165) is 56.2 Å². The van der Waals surface area contributed by atoms with E-state index in [1.54, 1.807) is 0 Å². The van der Waals surface area contributed by atoms with Gasteiger partial charge in [-0.25, -0.2) is 15.0 Å². The lowest BCUT2D eigenvalue weighted by Crippen LogP contribution is -1.97. The minimum absolute atomic E-state index is 0.690. The first-order chi connectivity index (χ1) is 22.3. The summed E-state index contributed by atoms with van der Waals surface area (Å²) in [5.41, 5.74) is 11.2. The monoisotopic (exact) mass is 576 g/mol. The first-order valence-electron chi connectivity index (χ1n) is 15.0. The number of hydrogen-bond donors (Lipinski definition) is 0. The summed E-state index contributed by atoms with van der Waals surface area (Å²) < 4.78 is 2.23. The Balaban J connectivity index is 1.27. The van der Waals surface area contributed by atoms with Gasteiger partial charge in [0, 0.05) is 27.9 Å². The molecule has 8 rings (SSSR count). The van der Waals surface area contributed by atoms with Crippen LogP contribution in [-0.2, 0) is 0 Å². The highest BCUT2D eigenvalue weighted by molar-refractivity contribution is 5.87. The summed E-state index contributed by atoms with van der Waals surface area (Å²) in [5, 5.41) is 0. The second-order valence-corrected chi connectivity index (χ2v) is 10.9. The average Bonchev–Trinajstić information content (AvgIpc) is 3.52. The van der Waals surface area contributed by atoms with Crippen LogP contribution in [0.3, 0.4) is 0 Å². The smallest absolute Gasteiger partial charge is 0.160 e. The number of aromatic nitrogens is 4. The Morgan fingerprint density at radius 3 is 1.49 bits per heavy atom. The van der Waals surface area contributed by atoms with Gasteiger partial charge in [0.1, 0.15) is 5.82 Å². The van der Waals surface area contributed by atoms with E-state index in [2.05, 4.69) is 138 Å². The van der Waals surface area contributed by atoms with Gasteiger partial charge in [-0.05, 0) is 41.5 Å². The summed E-state index contributed by atoms with van der Waals surface area (Å²) in [5.74, 6) is 1.59. The molecule has 0 aliphatic rings. The number of rotatable bonds is 6. The van der Waals surface area contributed by atoms with Crippen molar-refractivity contribution in [3.05, 3.63) is 170 Å². The number of para-hydroxylation sites is 1. The third kappa shape index (κ3) is 5.19. The van der Waals surface area contributed by atoms with Crippen molar-refractivity contribution in [3.8, 4) is 62.1 Å². The number of nitrogens with zero attached hydrogens (tertiary/aromatic N) is 4. The third-order valence-electron chi connectivity index (χ3n) is 8.04. The second kappa shape index (κ2) is 11.5. The highest BCUT2D eigenvalue weighted by Crippen LogP contribution is 2.33. The maximum absolute atomic E-state index is 5.16. The molecule has 6 aromatic carbocycles. The van der Waals surface area contributed by atoms with Crippen LogP contribution in [0.1, 0.15) is 0 Å². The Bertz CT molecular complexity index is 2220. The molecule has 0 aliphatic carbocycles. The Kier molecular flexibility index (Phi) is 6.78. The molecule has 0 unspecified atom stereocenters. The maximum Gasteiger partial charge on any atom is 0.160 e. The zero-order valence-electron chi connectivity index (χ0n) is 24.5. The first-order valence-corrected chi connectivity index (χ1v) is 15.0. The van der Waals surface area contributed by atoms with Gasteiger partial charge in [0.05, 0.1) is 22.4 Å². The first kappa shape index (κ1) is 26.5. The van der Waals surface area contributed by atoms with E-state index >= 15 is 0 Å². The van der Waals surface area contributed by atoms with Crippen LogP contribution in [0.15, 0.2) is 170 Å². The molecule has 0 bridgehead atoms. The maximum atomic E-state index is 5.16. The van der Waals surface area contributed by atoms with Crippen molar-refractivity contribution in [2.24, 2.45) is 0 Å². The van der Waals surface area contributed by atoms with Crippen molar-refractivity contribution in [1.82, 2.24) is 19.5 Å². The highest BCUT2D eigenvalue weighted by Gasteiger charge is 2.17. The van der Waals surface area contributed by atoms with E-state index in [9.17, 15) is 0 Å². The molecule has 2 heterocycles. The van der Waals surface area contributed by atoms with Crippen molar-refractivity contribution >= 4 is 11.0 Å². The highest BCUT2D eigenvalue weighted by atomic mass is 15.1. The molecule has 0 atom stereocenters. The lowest BCUT2D eigenvalue weighted by Gasteiger charge is -2.11.